The number of benzene rings is 2. The minimum Gasteiger partial charge on any atom is -0.485 e. The first kappa shape index (κ1) is 22.9. The normalized spacial score (nSPS) is 12.1. The minimum atomic E-state index is -0.0396. The third-order valence-corrected chi connectivity index (χ3v) is 6.10. The number of carbonyl (C=O) groups is 1. The molecule has 0 spiro atoms. The zero-order valence-electron chi connectivity index (χ0n) is 18.8. The summed E-state index contributed by atoms with van der Waals surface area (Å²) in [6.07, 6.45) is 0. The third-order valence-electron chi connectivity index (χ3n) is 5.08. The average molecular weight is 439 g/mol. The lowest BCUT2D eigenvalue weighted by Gasteiger charge is -2.15. The molecule has 7 heteroatoms. The third kappa shape index (κ3) is 6.10. The number of hydrogen-bond donors (Lipinski definition) is 1. The molecule has 0 aliphatic heterocycles. The fraction of sp³-hybridized carbons (Fsp3) is 0.375. The average Bonchev–Trinajstić information content (AvgIpc) is 3.10. The number of nitrogens with zero attached hydrogens (tertiary/aromatic N) is 3. The van der Waals surface area contributed by atoms with Crippen LogP contribution in [0.5, 0.6) is 5.75 Å². The second-order valence-corrected chi connectivity index (χ2v) is 8.87. The van der Waals surface area contributed by atoms with Gasteiger partial charge in [-0.2, -0.15) is 0 Å². The maximum absolute atomic E-state index is 12.3. The summed E-state index contributed by atoms with van der Waals surface area (Å²) in [6.45, 7) is 8.66. The zero-order valence-corrected chi connectivity index (χ0v) is 19.6. The summed E-state index contributed by atoms with van der Waals surface area (Å²) in [5.74, 6) is 2.21. The molecule has 0 saturated carbocycles. The van der Waals surface area contributed by atoms with Crippen molar-refractivity contribution in [2.24, 2.45) is 7.05 Å². The molecule has 164 valence electrons. The molecule has 0 aliphatic carbocycles. The van der Waals surface area contributed by atoms with E-state index < -0.39 is 0 Å². The lowest BCUT2D eigenvalue weighted by atomic mass is 10.0. The van der Waals surface area contributed by atoms with E-state index in [0.29, 0.717) is 17.7 Å². The highest BCUT2D eigenvalue weighted by molar-refractivity contribution is 7.99. The second-order valence-electron chi connectivity index (χ2n) is 7.93. The van der Waals surface area contributed by atoms with E-state index in [1.54, 1.807) is 0 Å². The molecule has 1 N–H and O–H groups in total. The highest BCUT2D eigenvalue weighted by atomic mass is 32.2. The molecule has 0 radical (unpaired) electrons. The quantitative estimate of drug-likeness (QED) is 0.486. The van der Waals surface area contributed by atoms with Crippen LogP contribution in [0, 0.1) is 6.92 Å². The molecule has 3 aromatic rings. The van der Waals surface area contributed by atoms with Crippen molar-refractivity contribution in [1.29, 1.82) is 0 Å². The van der Waals surface area contributed by atoms with Crippen molar-refractivity contribution < 1.29 is 9.53 Å². The first-order chi connectivity index (χ1) is 14.8. The Balaban J connectivity index is 1.56. The van der Waals surface area contributed by atoms with Crippen LogP contribution in [0.1, 0.15) is 55.2 Å². The van der Waals surface area contributed by atoms with E-state index in [-0.39, 0.29) is 17.7 Å². The van der Waals surface area contributed by atoms with Crippen LogP contribution < -0.4 is 10.1 Å². The molecule has 1 amide bonds. The predicted molar refractivity (Wildman–Crippen MR) is 124 cm³/mol. The predicted octanol–water partition coefficient (Wildman–Crippen LogP) is 4.80. The number of amides is 1. The van der Waals surface area contributed by atoms with E-state index in [2.05, 4.69) is 54.5 Å². The Kier molecular flexibility index (Phi) is 7.74. The smallest absolute Gasteiger partial charge is 0.230 e. The van der Waals surface area contributed by atoms with Crippen LogP contribution >= 0.6 is 11.8 Å². The Morgan fingerprint density at radius 3 is 2.58 bits per heavy atom. The summed E-state index contributed by atoms with van der Waals surface area (Å²) in [7, 11) is 1.89. The number of aryl methyl sites for hydroxylation is 1. The van der Waals surface area contributed by atoms with Gasteiger partial charge in [0.1, 0.15) is 12.4 Å². The van der Waals surface area contributed by atoms with Crippen LogP contribution in [0.2, 0.25) is 0 Å². The van der Waals surface area contributed by atoms with Crippen molar-refractivity contribution in [3.63, 3.8) is 0 Å². The molecule has 0 bridgehead atoms. The van der Waals surface area contributed by atoms with E-state index in [1.807, 2.05) is 48.9 Å². The van der Waals surface area contributed by atoms with Gasteiger partial charge < -0.3 is 14.6 Å². The summed E-state index contributed by atoms with van der Waals surface area (Å²) in [6, 6.07) is 16.1. The van der Waals surface area contributed by atoms with Crippen molar-refractivity contribution in [2.75, 3.05) is 5.75 Å². The fourth-order valence-corrected chi connectivity index (χ4v) is 3.96. The second kappa shape index (κ2) is 10.5. The summed E-state index contributed by atoms with van der Waals surface area (Å²) in [5, 5.41) is 12.2. The molecular formula is C24H30N4O2S. The van der Waals surface area contributed by atoms with E-state index in [0.717, 1.165) is 22.7 Å². The number of thioether (sulfide) groups is 1. The van der Waals surface area contributed by atoms with E-state index in [1.165, 1.54) is 17.3 Å². The molecule has 1 atom stereocenters. The van der Waals surface area contributed by atoms with Crippen LogP contribution in [-0.4, -0.2) is 26.4 Å². The number of rotatable bonds is 9. The monoisotopic (exact) mass is 438 g/mol. The summed E-state index contributed by atoms with van der Waals surface area (Å²) < 4.78 is 7.95. The Morgan fingerprint density at radius 2 is 1.87 bits per heavy atom. The molecular weight excluding hydrogens is 408 g/mol. The standard InChI is InChI=1S/C24H30N4O2S/c1-16(2)20-12-11-17(3)13-21(20)30-14-22-26-27-24(28(22)5)31-15-23(29)25-18(4)19-9-7-6-8-10-19/h6-13,16,18H,14-15H2,1-5H3,(H,25,29)/t18-/m0/s1. The molecule has 6 nitrogen and oxygen atoms in total. The van der Waals surface area contributed by atoms with Gasteiger partial charge in [0.15, 0.2) is 11.0 Å². The number of nitrogens with one attached hydrogen (secondary N) is 1. The summed E-state index contributed by atoms with van der Waals surface area (Å²) in [4.78, 5) is 12.3. The summed E-state index contributed by atoms with van der Waals surface area (Å²) in [5.41, 5.74) is 3.41. The molecule has 0 unspecified atom stereocenters. The van der Waals surface area contributed by atoms with Gasteiger partial charge in [-0.25, -0.2) is 0 Å². The van der Waals surface area contributed by atoms with Gasteiger partial charge in [0.2, 0.25) is 5.91 Å². The van der Waals surface area contributed by atoms with Gasteiger partial charge in [0.05, 0.1) is 11.8 Å². The van der Waals surface area contributed by atoms with Gasteiger partial charge in [-0.1, -0.05) is 68.1 Å². The first-order valence-electron chi connectivity index (χ1n) is 10.4. The number of ether oxygens (including phenoxy) is 1. The lowest BCUT2D eigenvalue weighted by molar-refractivity contribution is -0.119. The Morgan fingerprint density at radius 1 is 1.13 bits per heavy atom. The van der Waals surface area contributed by atoms with Crippen LogP contribution in [0.15, 0.2) is 53.7 Å². The van der Waals surface area contributed by atoms with Crippen LogP contribution in [-0.2, 0) is 18.4 Å². The van der Waals surface area contributed by atoms with Crippen LogP contribution in [0.3, 0.4) is 0 Å². The number of aromatic nitrogens is 3. The SMILES string of the molecule is Cc1ccc(C(C)C)c(OCc2nnc(SCC(=O)N[C@@H](C)c3ccccc3)n2C)c1. The molecule has 0 saturated heterocycles. The van der Waals surface area contributed by atoms with Gasteiger partial charge in [0, 0.05) is 7.05 Å². The highest BCUT2D eigenvalue weighted by Gasteiger charge is 2.15. The first-order valence-corrected chi connectivity index (χ1v) is 11.4. The molecule has 2 aromatic carbocycles. The minimum absolute atomic E-state index is 0.0384. The maximum Gasteiger partial charge on any atom is 0.230 e. The largest absolute Gasteiger partial charge is 0.485 e. The topological polar surface area (TPSA) is 69.0 Å². The van der Waals surface area contributed by atoms with Crippen LogP contribution in [0.25, 0.3) is 0 Å². The van der Waals surface area contributed by atoms with Gasteiger partial charge in [0.25, 0.3) is 0 Å². The van der Waals surface area contributed by atoms with Gasteiger partial charge in [-0.05, 0) is 42.5 Å². The van der Waals surface area contributed by atoms with Crippen molar-refractivity contribution in [3.8, 4) is 5.75 Å². The molecule has 3 rings (SSSR count). The molecule has 31 heavy (non-hydrogen) atoms. The summed E-state index contributed by atoms with van der Waals surface area (Å²) >= 11 is 1.37. The van der Waals surface area contributed by atoms with Gasteiger partial charge in [-0.3, -0.25) is 4.79 Å². The highest BCUT2D eigenvalue weighted by Crippen LogP contribution is 2.28. The van der Waals surface area contributed by atoms with E-state index in [9.17, 15) is 4.79 Å². The molecule has 1 heterocycles. The van der Waals surface area contributed by atoms with E-state index >= 15 is 0 Å². The number of hydrogen-bond acceptors (Lipinski definition) is 5. The number of carbonyl (C=O) groups excluding carboxylic acids is 1. The van der Waals surface area contributed by atoms with E-state index in [4.69, 9.17) is 4.74 Å². The molecule has 0 aliphatic rings. The Hall–Kier alpha value is -2.80. The Labute approximate surface area is 188 Å². The van der Waals surface area contributed by atoms with Crippen molar-refractivity contribution in [3.05, 3.63) is 71.0 Å². The van der Waals surface area contributed by atoms with Gasteiger partial charge >= 0.3 is 0 Å². The fourth-order valence-electron chi connectivity index (χ4n) is 3.22. The zero-order chi connectivity index (χ0) is 22.4. The van der Waals surface area contributed by atoms with Gasteiger partial charge in [-0.15, -0.1) is 10.2 Å². The molecule has 1 aromatic heterocycles. The van der Waals surface area contributed by atoms with Crippen LogP contribution in [0.4, 0.5) is 0 Å². The van der Waals surface area contributed by atoms with Crippen molar-refractivity contribution in [2.45, 2.75) is 51.4 Å². The van der Waals surface area contributed by atoms with Crippen molar-refractivity contribution >= 4 is 17.7 Å². The van der Waals surface area contributed by atoms with Crippen molar-refractivity contribution in [1.82, 2.24) is 20.1 Å². The Bertz CT molecular complexity index is 1020. The maximum atomic E-state index is 12.3. The molecule has 0 fully saturated rings. The lowest BCUT2D eigenvalue weighted by Crippen LogP contribution is -2.28.